The number of rotatable bonds is 9. The van der Waals surface area contributed by atoms with Crippen LogP contribution in [0.3, 0.4) is 0 Å². The molecule has 3 rings (SSSR count). The molecule has 2 aromatic heterocycles. The number of aliphatic hydroxyl groups is 1. The Labute approximate surface area is 193 Å². The number of alkyl halides is 2. The number of pyridine rings is 1. The molecule has 10 nitrogen and oxygen atoms in total. The minimum absolute atomic E-state index is 0.0213. The molecule has 0 aliphatic carbocycles. The van der Waals surface area contributed by atoms with Crippen LogP contribution < -0.4 is 15.2 Å². The van der Waals surface area contributed by atoms with Crippen LogP contribution in [0.1, 0.15) is 26.7 Å². The van der Waals surface area contributed by atoms with Gasteiger partial charge in [0.2, 0.25) is 17.6 Å². The Kier molecular flexibility index (Phi) is 7.61. The molecule has 1 amide bonds. The number of nitrogens with zero attached hydrogens (tertiary/aromatic N) is 3. The Morgan fingerprint density at radius 2 is 1.82 bits per heavy atom. The van der Waals surface area contributed by atoms with Crippen LogP contribution in [0.2, 0.25) is 0 Å². The van der Waals surface area contributed by atoms with Crippen molar-refractivity contribution >= 4 is 6.09 Å². The largest absolute Gasteiger partial charge is 0.443 e. The molecule has 182 valence electrons. The predicted octanol–water partition coefficient (Wildman–Crippen LogP) is 3.94. The lowest BCUT2D eigenvalue weighted by Gasteiger charge is -2.31. The fraction of sp³-hybridized carbons (Fsp3) is 0.364. The molecule has 0 saturated heterocycles. The highest BCUT2D eigenvalue weighted by Crippen LogP contribution is 2.27. The standard InChI is InChI=1S/C22H24F2N4O6/c1-22(2,3)18(29)15(33-21(25)30)10-17-27-19(28-34-17)12-4-6-13(7-5-12)31-16-9-8-14(11-26-16)32-20(23)24/h4-9,11,15,18,20,29H,10H2,1-3H3,(H2,25,30). The zero-order chi connectivity index (χ0) is 24.9. The summed E-state index contributed by atoms with van der Waals surface area (Å²) in [7, 11) is 0. The second-order valence-corrected chi connectivity index (χ2v) is 8.34. The van der Waals surface area contributed by atoms with Crippen molar-refractivity contribution in [1.29, 1.82) is 0 Å². The van der Waals surface area contributed by atoms with Crippen LogP contribution in [-0.2, 0) is 11.2 Å². The number of carbonyl (C=O) groups excluding carboxylic acids is 1. The summed E-state index contributed by atoms with van der Waals surface area (Å²) in [4.78, 5) is 19.4. The van der Waals surface area contributed by atoms with E-state index in [2.05, 4.69) is 19.9 Å². The van der Waals surface area contributed by atoms with E-state index in [1.54, 1.807) is 45.0 Å². The van der Waals surface area contributed by atoms with Crippen molar-refractivity contribution in [2.75, 3.05) is 0 Å². The number of amides is 1. The molecule has 3 aromatic rings. The number of aliphatic hydroxyl groups excluding tert-OH is 1. The van der Waals surface area contributed by atoms with Gasteiger partial charge in [-0.05, 0) is 35.7 Å². The SMILES string of the molecule is CC(C)(C)C(O)C(Cc1nc(-c2ccc(Oc3ccc(OC(F)F)cn3)cc2)no1)OC(N)=O. The highest BCUT2D eigenvalue weighted by molar-refractivity contribution is 5.65. The van der Waals surface area contributed by atoms with Gasteiger partial charge >= 0.3 is 12.7 Å². The quantitative estimate of drug-likeness (QED) is 0.467. The van der Waals surface area contributed by atoms with Gasteiger partial charge in [-0.25, -0.2) is 9.78 Å². The first-order valence-electron chi connectivity index (χ1n) is 10.2. The van der Waals surface area contributed by atoms with E-state index in [-0.39, 0.29) is 29.8 Å². The highest BCUT2D eigenvalue weighted by Gasteiger charge is 2.34. The third-order valence-corrected chi connectivity index (χ3v) is 4.62. The molecule has 3 N–H and O–H groups in total. The second kappa shape index (κ2) is 10.4. The van der Waals surface area contributed by atoms with E-state index in [9.17, 15) is 18.7 Å². The summed E-state index contributed by atoms with van der Waals surface area (Å²) in [6, 6.07) is 9.35. The molecule has 0 radical (unpaired) electrons. The van der Waals surface area contributed by atoms with E-state index < -0.39 is 30.3 Å². The molecule has 0 spiro atoms. The van der Waals surface area contributed by atoms with Crippen LogP contribution in [0.25, 0.3) is 11.4 Å². The number of benzene rings is 1. The van der Waals surface area contributed by atoms with Crippen molar-refractivity contribution in [2.45, 2.75) is 46.0 Å². The van der Waals surface area contributed by atoms with Crippen molar-refractivity contribution in [3.63, 3.8) is 0 Å². The number of halogens is 2. The molecular weight excluding hydrogens is 454 g/mol. The monoisotopic (exact) mass is 478 g/mol. The Morgan fingerprint density at radius 3 is 2.38 bits per heavy atom. The maximum atomic E-state index is 12.2. The van der Waals surface area contributed by atoms with E-state index >= 15 is 0 Å². The maximum Gasteiger partial charge on any atom is 0.404 e. The van der Waals surface area contributed by atoms with E-state index in [1.807, 2.05) is 0 Å². The van der Waals surface area contributed by atoms with Crippen molar-refractivity contribution in [3.8, 4) is 28.8 Å². The summed E-state index contributed by atoms with van der Waals surface area (Å²) in [5.41, 5.74) is 5.16. The highest BCUT2D eigenvalue weighted by atomic mass is 19.3. The van der Waals surface area contributed by atoms with Crippen LogP contribution in [-0.4, -0.2) is 45.1 Å². The zero-order valence-electron chi connectivity index (χ0n) is 18.6. The molecule has 12 heteroatoms. The van der Waals surface area contributed by atoms with Gasteiger partial charge < -0.3 is 29.6 Å². The molecule has 2 heterocycles. The Morgan fingerprint density at radius 1 is 1.15 bits per heavy atom. The van der Waals surface area contributed by atoms with Gasteiger partial charge in [0.05, 0.1) is 18.7 Å². The third kappa shape index (κ3) is 6.85. The summed E-state index contributed by atoms with van der Waals surface area (Å²) in [6.45, 7) is 2.44. The maximum absolute atomic E-state index is 12.2. The Balaban J connectivity index is 1.66. The fourth-order valence-electron chi connectivity index (χ4n) is 2.94. The average Bonchev–Trinajstić information content (AvgIpc) is 3.22. The summed E-state index contributed by atoms with van der Waals surface area (Å²) >= 11 is 0. The summed E-state index contributed by atoms with van der Waals surface area (Å²) in [6.07, 6.45) is -1.90. The molecule has 0 aliphatic heterocycles. The van der Waals surface area contributed by atoms with Gasteiger partial charge in [-0.15, -0.1) is 0 Å². The van der Waals surface area contributed by atoms with Crippen LogP contribution in [0, 0.1) is 5.41 Å². The number of nitrogens with two attached hydrogens (primary N) is 1. The fourth-order valence-corrected chi connectivity index (χ4v) is 2.94. The molecule has 0 saturated carbocycles. The first-order valence-corrected chi connectivity index (χ1v) is 10.2. The smallest absolute Gasteiger partial charge is 0.404 e. The van der Waals surface area contributed by atoms with Crippen LogP contribution in [0.15, 0.2) is 47.1 Å². The van der Waals surface area contributed by atoms with Gasteiger partial charge in [0.15, 0.2) is 0 Å². The van der Waals surface area contributed by atoms with Gasteiger partial charge in [0.1, 0.15) is 17.6 Å². The summed E-state index contributed by atoms with van der Waals surface area (Å²) in [5.74, 6) is 0.973. The summed E-state index contributed by atoms with van der Waals surface area (Å²) < 4.78 is 44.5. The Bertz CT molecular complexity index is 1080. The molecule has 1 aromatic carbocycles. The molecule has 34 heavy (non-hydrogen) atoms. The second-order valence-electron chi connectivity index (χ2n) is 8.34. The number of aromatic nitrogens is 3. The van der Waals surface area contributed by atoms with E-state index in [0.29, 0.717) is 11.3 Å². The molecular formula is C22H24F2N4O6. The van der Waals surface area contributed by atoms with E-state index in [4.69, 9.17) is 19.7 Å². The van der Waals surface area contributed by atoms with E-state index in [1.165, 1.54) is 12.1 Å². The van der Waals surface area contributed by atoms with Crippen molar-refractivity contribution in [3.05, 3.63) is 48.5 Å². The van der Waals surface area contributed by atoms with E-state index in [0.717, 1.165) is 6.20 Å². The Hall–Kier alpha value is -3.80. The molecule has 2 atom stereocenters. The molecule has 0 aliphatic rings. The number of ether oxygens (including phenoxy) is 3. The number of primary amides is 1. The minimum atomic E-state index is -2.93. The van der Waals surface area contributed by atoms with Crippen molar-refractivity contribution in [1.82, 2.24) is 15.1 Å². The minimum Gasteiger partial charge on any atom is -0.443 e. The first kappa shape index (κ1) is 24.8. The van der Waals surface area contributed by atoms with Gasteiger partial charge in [-0.1, -0.05) is 25.9 Å². The lowest BCUT2D eigenvalue weighted by atomic mass is 9.85. The molecule has 0 bridgehead atoms. The van der Waals surface area contributed by atoms with Gasteiger partial charge in [0.25, 0.3) is 0 Å². The van der Waals surface area contributed by atoms with Gasteiger partial charge in [0, 0.05) is 11.6 Å². The van der Waals surface area contributed by atoms with Gasteiger partial charge in [-0.2, -0.15) is 13.8 Å². The normalized spacial score (nSPS) is 13.4. The number of hydrogen-bond acceptors (Lipinski definition) is 9. The number of carbonyl (C=O) groups is 1. The predicted molar refractivity (Wildman–Crippen MR) is 114 cm³/mol. The van der Waals surface area contributed by atoms with Gasteiger partial charge in [-0.3, -0.25) is 0 Å². The average molecular weight is 478 g/mol. The number of hydrogen-bond donors (Lipinski definition) is 2. The van der Waals surface area contributed by atoms with Crippen LogP contribution >= 0.6 is 0 Å². The third-order valence-electron chi connectivity index (χ3n) is 4.62. The topological polar surface area (TPSA) is 143 Å². The van der Waals surface area contributed by atoms with Crippen molar-refractivity contribution in [2.24, 2.45) is 11.1 Å². The molecule has 0 fully saturated rings. The van der Waals surface area contributed by atoms with Crippen LogP contribution in [0.4, 0.5) is 13.6 Å². The summed E-state index contributed by atoms with van der Waals surface area (Å²) in [5, 5.41) is 14.4. The van der Waals surface area contributed by atoms with Crippen LogP contribution in [0.5, 0.6) is 17.4 Å². The van der Waals surface area contributed by atoms with Crippen molar-refractivity contribution < 1.29 is 37.4 Å². The first-order chi connectivity index (χ1) is 16.0. The zero-order valence-corrected chi connectivity index (χ0v) is 18.6. The lowest BCUT2D eigenvalue weighted by molar-refractivity contribution is -0.0510. The molecule has 2 unspecified atom stereocenters. The lowest BCUT2D eigenvalue weighted by Crippen LogP contribution is -2.42.